The second kappa shape index (κ2) is 7.58. The van der Waals surface area contributed by atoms with Crippen molar-refractivity contribution in [3.8, 4) is 17.2 Å². The van der Waals surface area contributed by atoms with Crippen LogP contribution in [0.4, 0.5) is 5.82 Å². The van der Waals surface area contributed by atoms with Gasteiger partial charge in [0.25, 0.3) is 5.91 Å². The largest absolute Gasteiger partial charge is 0.352 e. The molecule has 7 nitrogen and oxygen atoms in total. The highest BCUT2D eigenvalue weighted by Gasteiger charge is 2.38. The fourth-order valence-electron chi connectivity index (χ4n) is 5.27. The van der Waals surface area contributed by atoms with Crippen LogP contribution in [0, 0.1) is 17.2 Å². The molecular formula is C26H27N5O2. The second-order valence-electron chi connectivity index (χ2n) is 9.79. The monoisotopic (exact) mass is 441 g/mol. The lowest BCUT2D eigenvalue weighted by Gasteiger charge is -2.41. The van der Waals surface area contributed by atoms with Gasteiger partial charge in [-0.3, -0.25) is 9.59 Å². The fourth-order valence-corrected chi connectivity index (χ4v) is 5.27. The number of hydrogen-bond donors (Lipinski definition) is 1. The highest BCUT2D eigenvalue weighted by molar-refractivity contribution is 6.00. The number of hydrogen-bond acceptors (Lipinski definition) is 5. The number of carbonyl (C=O) groups excluding carboxylic acids is 2. The van der Waals surface area contributed by atoms with Gasteiger partial charge in [-0.15, -0.1) is 0 Å². The van der Waals surface area contributed by atoms with Crippen molar-refractivity contribution in [1.82, 2.24) is 15.2 Å². The van der Waals surface area contributed by atoms with Crippen molar-refractivity contribution in [2.75, 3.05) is 24.5 Å². The molecule has 33 heavy (non-hydrogen) atoms. The van der Waals surface area contributed by atoms with Gasteiger partial charge in [0.2, 0.25) is 5.91 Å². The van der Waals surface area contributed by atoms with Crippen molar-refractivity contribution in [3.05, 3.63) is 46.6 Å². The average Bonchev–Trinajstić information content (AvgIpc) is 3.75. The van der Waals surface area contributed by atoms with Crippen molar-refractivity contribution in [3.63, 3.8) is 0 Å². The third-order valence-electron chi connectivity index (χ3n) is 7.39. The minimum atomic E-state index is -0.0440. The Kier molecular flexibility index (Phi) is 4.65. The lowest BCUT2D eigenvalue weighted by molar-refractivity contribution is -0.134. The molecule has 2 aliphatic heterocycles. The quantitative estimate of drug-likeness (QED) is 0.787. The normalized spacial score (nSPS) is 22.1. The molecule has 168 valence electrons. The van der Waals surface area contributed by atoms with E-state index in [4.69, 9.17) is 4.98 Å². The van der Waals surface area contributed by atoms with Crippen LogP contribution in [-0.4, -0.2) is 47.4 Å². The Labute approximate surface area is 193 Å². The molecule has 2 amide bonds. The first-order chi connectivity index (χ1) is 16.0. The van der Waals surface area contributed by atoms with Crippen LogP contribution in [0.1, 0.15) is 65.7 Å². The number of aromatic nitrogens is 1. The number of nitriles is 1. The standard InChI is InChI=1S/C26H27N5O2/c1-15-14-30(9-10-31(15)26(33)17-7-8-17)24-18(12-27)11-21(23(29-24)16-5-6-16)19-3-2-4-20-22(19)13-28-25(20)32/h2-4,11,15-17H,5-10,13-14H2,1H3,(H,28,32)/t15-/m1/s1. The van der Waals surface area contributed by atoms with Crippen molar-refractivity contribution in [1.29, 1.82) is 5.26 Å². The van der Waals surface area contributed by atoms with Crippen molar-refractivity contribution in [2.45, 2.75) is 51.1 Å². The Morgan fingerprint density at radius 1 is 1.15 bits per heavy atom. The third kappa shape index (κ3) is 3.45. The van der Waals surface area contributed by atoms with Crippen LogP contribution < -0.4 is 10.2 Å². The van der Waals surface area contributed by atoms with E-state index in [1.165, 1.54) is 0 Å². The first kappa shape index (κ1) is 20.2. The predicted molar refractivity (Wildman–Crippen MR) is 124 cm³/mol. The molecule has 0 radical (unpaired) electrons. The minimum absolute atomic E-state index is 0.0440. The van der Waals surface area contributed by atoms with E-state index in [9.17, 15) is 14.9 Å². The van der Waals surface area contributed by atoms with E-state index in [0.29, 0.717) is 43.2 Å². The van der Waals surface area contributed by atoms with E-state index in [1.54, 1.807) is 0 Å². The molecule has 1 atom stereocenters. The predicted octanol–water partition coefficient (Wildman–Crippen LogP) is 3.19. The van der Waals surface area contributed by atoms with Crippen molar-refractivity contribution >= 4 is 17.6 Å². The van der Waals surface area contributed by atoms with Crippen LogP contribution >= 0.6 is 0 Å². The van der Waals surface area contributed by atoms with E-state index in [0.717, 1.165) is 53.9 Å². The molecule has 1 saturated heterocycles. The first-order valence-electron chi connectivity index (χ1n) is 12.0. The van der Waals surface area contributed by atoms with Gasteiger partial charge in [-0.2, -0.15) is 5.26 Å². The smallest absolute Gasteiger partial charge is 0.251 e. The number of nitrogens with zero attached hydrogens (tertiary/aromatic N) is 4. The highest BCUT2D eigenvalue weighted by atomic mass is 16.2. The molecule has 6 rings (SSSR count). The molecule has 0 spiro atoms. The Balaban J connectivity index is 1.37. The summed E-state index contributed by atoms with van der Waals surface area (Å²) in [5.74, 6) is 1.59. The van der Waals surface area contributed by atoms with Gasteiger partial charge in [-0.1, -0.05) is 12.1 Å². The summed E-state index contributed by atoms with van der Waals surface area (Å²) in [7, 11) is 0. The van der Waals surface area contributed by atoms with E-state index >= 15 is 0 Å². The first-order valence-corrected chi connectivity index (χ1v) is 12.0. The summed E-state index contributed by atoms with van der Waals surface area (Å²) < 4.78 is 0. The SMILES string of the molecule is C[C@@H]1CN(c2nc(C3CC3)c(-c3cccc4c3CNC4=O)cc2C#N)CCN1C(=O)C1CC1. The number of nitrogens with one attached hydrogen (secondary N) is 1. The zero-order valence-corrected chi connectivity index (χ0v) is 18.8. The van der Waals surface area contributed by atoms with Crippen molar-refractivity contribution in [2.24, 2.45) is 5.92 Å². The summed E-state index contributed by atoms with van der Waals surface area (Å²) in [4.78, 5) is 34.1. The van der Waals surface area contributed by atoms with Crippen LogP contribution in [0.5, 0.6) is 0 Å². The maximum atomic E-state index is 12.6. The van der Waals surface area contributed by atoms with Crippen LogP contribution in [0.25, 0.3) is 11.1 Å². The molecule has 2 saturated carbocycles. The van der Waals surface area contributed by atoms with Crippen LogP contribution in [0.3, 0.4) is 0 Å². The molecule has 1 N–H and O–H groups in total. The Hall–Kier alpha value is -3.40. The maximum absolute atomic E-state index is 12.6. The minimum Gasteiger partial charge on any atom is -0.352 e. The number of benzene rings is 1. The van der Waals surface area contributed by atoms with Gasteiger partial charge >= 0.3 is 0 Å². The van der Waals surface area contributed by atoms with Crippen LogP contribution in [0.15, 0.2) is 24.3 Å². The zero-order chi connectivity index (χ0) is 22.7. The van der Waals surface area contributed by atoms with Gasteiger partial charge in [-0.05, 0) is 55.9 Å². The molecule has 2 aliphatic carbocycles. The van der Waals surface area contributed by atoms with Gasteiger partial charge in [-0.25, -0.2) is 4.98 Å². The van der Waals surface area contributed by atoms with Crippen LogP contribution in [-0.2, 0) is 11.3 Å². The molecule has 3 heterocycles. The summed E-state index contributed by atoms with van der Waals surface area (Å²) in [6, 6.07) is 10.2. The second-order valence-corrected chi connectivity index (χ2v) is 9.79. The third-order valence-corrected chi connectivity index (χ3v) is 7.39. The highest BCUT2D eigenvalue weighted by Crippen LogP contribution is 2.46. The topological polar surface area (TPSA) is 89.3 Å². The fraction of sp³-hybridized carbons (Fsp3) is 0.462. The number of piperazine rings is 1. The number of carbonyl (C=O) groups is 2. The Morgan fingerprint density at radius 2 is 1.94 bits per heavy atom. The summed E-state index contributed by atoms with van der Waals surface area (Å²) in [5, 5.41) is 13.0. The Bertz CT molecular complexity index is 1210. The lowest BCUT2D eigenvalue weighted by Crippen LogP contribution is -2.54. The summed E-state index contributed by atoms with van der Waals surface area (Å²) in [6.07, 6.45) is 4.22. The molecule has 7 heteroatoms. The summed E-state index contributed by atoms with van der Waals surface area (Å²) in [5.41, 5.74) is 5.25. The van der Waals surface area contributed by atoms with E-state index in [2.05, 4.69) is 23.2 Å². The van der Waals surface area contributed by atoms with Crippen LogP contribution in [0.2, 0.25) is 0 Å². The summed E-state index contributed by atoms with van der Waals surface area (Å²) in [6.45, 7) is 4.64. The van der Waals surface area contributed by atoms with Crippen molar-refractivity contribution < 1.29 is 9.59 Å². The van der Waals surface area contributed by atoms with Gasteiger partial charge in [0.05, 0.1) is 11.3 Å². The number of anilines is 1. The van der Waals surface area contributed by atoms with E-state index in [1.807, 2.05) is 29.2 Å². The number of pyridine rings is 1. The molecule has 1 aromatic heterocycles. The number of rotatable bonds is 4. The average molecular weight is 442 g/mol. The van der Waals surface area contributed by atoms with Gasteiger partial charge in [0.15, 0.2) is 0 Å². The molecule has 1 aromatic carbocycles. The van der Waals surface area contributed by atoms with Gasteiger partial charge in [0.1, 0.15) is 11.9 Å². The molecule has 3 fully saturated rings. The van der Waals surface area contributed by atoms with E-state index < -0.39 is 0 Å². The molecule has 4 aliphatic rings. The molecular weight excluding hydrogens is 414 g/mol. The van der Waals surface area contributed by atoms with Gasteiger partial charge < -0.3 is 15.1 Å². The molecule has 2 aromatic rings. The van der Waals surface area contributed by atoms with E-state index in [-0.39, 0.29) is 23.8 Å². The van der Waals surface area contributed by atoms with Gasteiger partial charge in [0, 0.05) is 55.2 Å². The molecule has 0 bridgehead atoms. The number of fused-ring (bicyclic) bond motifs is 1. The lowest BCUT2D eigenvalue weighted by atomic mass is 9.93. The Morgan fingerprint density at radius 3 is 2.64 bits per heavy atom. The number of amides is 2. The zero-order valence-electron chi connectivity index (χ0n) is 18.8. The summed E-state index contributed by atoms with van der Waals surface area (Å²) >= 11 is 0. The maximum Gasteiger partial charge on any atom is 0.251 e. The molecule has 0 unspecified atom stereocenters.